The first-order valence-electron chi connectivity index (χ1n) is 10.9. The number of rotatable bonds is 5. The van der Waals surface area contributed by atoms with E-state index < -0.39 is 0 Å². The standard InChI is InChI=1S/C25H30N2O5/c1-26(29)25(28)27-14-12-18(13-15-27)23-16-22(17-4-8-20(30-2)9-5-17)24(32-23)19-6-10-21(31-3)11-7-19/h4-11,18,23,29H,12-16H2,1-3H3. The number of urea groups is 1. The number of benzene rings is 2. The molecule has 2 aliphatic heterocycles. The first-order chi connectivity index (χ1) is 15.5. The van der Waals surface area contributed by atoms with E-state index in [1.807, 2.05) is 36.4 Å². The van der Waals surface area contributed by atoms with Gasteiger partial charge in [-0.3, -0.25) is 5.21 Å². The zero-order chi connectivity index (χ0) is 22.7. The van der Waals surface area contributed by atoms with E-state index in [9.17, 15) is 10.0 Å². The molecule has 0 saturated carbocycles. The van der Waals surface area contributed by atoms with Gasteiger partial charge in [-0.25, -0.2) is 9.86 Å². The molecule has 1 fully saturated rings. The van der Waals surface area contributed by atoms with Gasteiger partial charge in [-0.05, 0) is 60.7 Å². The van der Waals surface area contributed by atoms with Crippen LogP contribution in [0.5, 0.6) is 11.5 Å². The average molecular weight is 439 g/mol. The summed E-state index contributed by atoms with van der Waals surface area (Å²) in [5, 5.41) is 10.1. The second-order valence-electron chi connectivity index (χ2n) is 8.26. The second kappa shape index (κ2) is 9.53. The van der Waals surface area contributed by atoms with Gasteiger partial charge in [-0.1, -0.05) is 12.1 Å². The van der Waals surface area contributed by atoms with Gasteiger partial charge in [0.15, 0.2) is 0 Å². The molecule has 1 unspecified atom stereocenters. The van der Waals surface area contributed by atoms with E-state index in [4.69, 9.17) is 14.2 Å². The molecule has 1 N–H and O–H groups in total. The molecule has 1 saturated heterocycles. The Bertz CT molecular complexity index is 901. The van der Waals surface area contributed by atoms with E-state index in [-0.39, 0.29) is 12.1 Å². The van der Waals surface area contributed by atoms with Crippen molar-refractivity contribution in [2.45, 2.75) is 25.4 Å². The van der Waals surface area contributed by atoms with Gasteiger partial charge in [0.2, 0.25) is 0 Å². The van der Waals surface area contributed by atoms with Gasteiger partial charge in [0.1, 0.15) is 23.4 Å². The summed E-state index contributed by atoms with van der Waals surface area (Å²) < 4.78 is 17.2. The van der Waals surface area contributed by atoms with Crippen molar-refractivity contribution < 1.29 is 24.2 Å². The summed E-state index contributed by atoms with van der Waals surface area (Å²) >= 11 is 0. The molecule has 7 nitrogen and oxygen atoms in total. The van der Waals surface area contributed by atoms with Gasteiger partial charge in [-0.2, -0.15) is 0 Å². The number of likely N-dealkylation sites (tertiary alicyclic amines) is 1. The molecule has 1 atom stereocenters. The number of hydroxylamine groups is 2. The van der Waals surface area contributed by atoms with Crippen molar-refractivity contribution >= 4 is 17.4 Å². The van der Waals surface area contributed by atoms with Crippen molar-refractivity contribution in [1.82, 2.24) is 9.96 Å². The van der Waals surface area contributed by atoms with E-state index >= 15 is 0 Å². The summed E-state index contributed by atoms with van der Waals surface area (Å²) in [6.07, 6.45) is 2.55. The van der Waals surface area contributed by atoms with Crippen LogP contribution in [0.4, 0.5) is 4.79 Å². The monoisotopic (exact) mass is 438 g/mol. The molecule has 7 heteroatoms. The highest BCUT2D eigenvalue weighted by Gasteiger charge is 2.36. The van der Waals surface area contributed by atoms with Gasteiger partial charge in [0, 0.05) is 37.7 Å². The van der Waals surface area contributed by atoms with Crippen LogP contribution in [0.25, 0.3) is 11.3 Å². The largest absolute Gasteiger partial charge is 0.497 e. The van der Waals surface area contributed by atoms with Crippen molar-refractivity contribution in [3.05, 3.63) is 59.7 Å². The molecule has 32 heavy (non-hydrogen) atoms. The molecule has 0 radical (unpaired) electrons. The minimum atomic E-state index is -0.355. The molecule has 0 bridgehead atoms. The van der Waals surface area contributed by atoms with Crippen LogP contribution in [0.1, 0.15) is 30.4 Å². The number of ether oxygens (including phenoxy) is 3. The lowest BCUT2D eigenvalue weighted by molar-refractivity contribution is -0.0387. The van der Waals surface area contributed by atoms with Crippen LogP contribution in [-0.2, 0) is 4.74 Å². The first-order valence-corrected chi connectivity index (χ1v) is 10.9. The number of piperidine rings is 1. The lowest BCUT2D eigenvalue weighted by Gasteiger charge is -2.35. The molecule has 2 aromatic carbocycles. The molecule has 0 spiro atoms. The van der Waals surface area contributed by atoms with E-state index in [1.165, 1.54) is 12.6 Å². The molecule has 2 heterocycles. The van der Waals surface area contributed by atoms with Crippen molar-refractivity contribution in [1.29, 1.82) is 0 Å². The molecule has 4 rings (SSSR count). The van der Waals surface area contributed by atoms with Crippen molar-refractivity contribution in [3.8, 4) is 11.5 Å². The van der Waals surface area contributed by atoms with Crippen LogP contribution in [0.3, 0.4) is 0 Å². The van der Waals surface area contributed by atoms with E-state index in [0.29, 0.717) is 24.1 Å². The molecular weight excluding hydrogens is 408 g/mol. The van der Waals surface area contributed by atoms with E-state index in [1.54, 1.807) is 19.1 Å². The Labute approximate surface area is 188 Å². The van der Waals surface area contributed by atoms with E-state index in [0.717, 1.165) is 47.6 Å². The topological polar surface area (TPSA) is 71.5 Å². The Morgan fingerprint density at radius 3 is 2.00 bits per heavy atom. The predicted octanol–water partition coefficient (Wildman–Crippen LogP) is 4.51. The number of carbonyl (C=O) groups is 1. The third-order valence-electron chi connectivity index (χ3n) is 6.35. The highest BCUT2D eigenvalue weighted by atomic mass is 16.5. The maximum absolute atomic E-state index is 12.0. The van der Waals surface area contributed by atoms with Gasteiger partial charge in [0.25, 0.3) is 0 Å². The predicted molar refractivity (Wildman–Crippen MR) is 122 cm³/mol. The van der Waals surface area contributed by atoms with E-state index in [2.05, 4.69) is 12.1 Å². The van der Waals surface area contributed by atoms with Crippen LogP contribution >= 0.6 is 0 Å². The lowest BCUT2D eigenvalue weighted by Crippen LogP contribution is -2.45. The maximum atomic E-state index is 12.0. The quantitative estimate of drug-likeness (QED) is 0.549. The normalized spacial score (nSPS) is 19.0. The van der Waals surface area contributed by atoms with Crippen LogP contribution in [0.15, 0.2) is 48.5 Å². The number of methoxy groups -OCH3 is 2. The number of hydrogen-bond donors (Lipinski definition) is 1. The van der Waals surface area contributed by atoms with Crippen molar-refractivity contribution in [3.63, 3.8) is 0 Å². The molecule has 2 aliphatic rings. The summed E-state index contributed by atoms with van der Waals surface area (Å²) in [5.74, 6) is 2.87. The Balaban J connectivity index is 1.55. The first kappa shape index (κ1) is 22.0. The van der Waals surface area contributed by atoms with Crippen LogP contribution in [0.2, 0.25) is 0 Å². The number of hydrogen-bond acceptors (Lipinski definition) is 5. The highest BCUT2D eigenvalue weighted by molar-refractivity contribution is 5.90. The lowest BCUT2D eigenvalue weighted by atomic mass is 9.87. The Kier molecular flexibility index (Phi) is 6.55. The summed E-state index contributed by atoms with van der Waals surface area (Å²) in [6.45, 7) is 1.23. The minimum Gasteiger partial charge on any atom is -0.497 e. The fourth-order valence-electron chi connectivity index (χ4n) is 4.51. The molecule has 2 aromatic rings. The fourth-order valence-corrected chi connectivity index (χ4v) is 4.51. The Morgan fingerprint density at radius 1 is 0.969 bits per heavy atom. The molecule has 2 amide bonds. The van der Waals surface area contributed by atoms with Crippen molar-refractivity contribution in [2.75, 3.05) is 34.4 Å². The van der Waals surface area contributed by atoms with Gasteiger partial charge in [0.05, 0.1) is 14.2 Å². The smallest absolute Gasteiger partial charge is 0.343 e. The Morgan fingerprint density at radius 2 is 1.50 bits per heavy atom. The third kappa shape index (κ3) is 4.53. The fraction of sp³-hybridized carbons (Fsp3) is 0.400. The van der Waals surface area contributed by atoms with Crippen LogP contribution < -0.4 is 9.47 Å². The molecular formula is C25H30N2O5. The summed E-state index contributed by atoms with van der Waals surface area (Å²) in [6, 6.07) is 15.7. The summed E-state index contributed by atoms with van der Waals surface area (Å²) in [4.78, 5) is 13.7. The van der Waals surface area contributed by atoms with Crippen LogP contribution in [-0.4, -0.2) is 61.7 Å². The van der Waals surface area contributed by atoms with Gasteiger partial charge in [-0.15, -0.1) is 0 Å². The molecule has 0 aromatic heterocycles. The number of carbonyl (C=O) groups excluding carboxylic acids is 1. The number of nitrogens with zero attached hydrogens (tertiary/aromatic N) is 2. The zero-order valence-electron chi connectivity index (χ0n) is 18.8. The molecule has 0 aliphatic carbocycles. The van der Waals surface area contributed by atoms with Gasteiger partial charge >= 0.3 is 6.03 Å². The zero-order valence-corrected chi connectivity index (χ0v) is 18.8. The van der Waals surface area contributed by atoms with Crippen molar-refractivity contribution in [2.24, 2.45) is 5.92 Å². The highest BCUT2D eigenvalue weighted by Crippen LogP contribution is 2.43. The number of amides is 2. The van der Waals surface area contributed by atoms with Crippen LogP contribution in [0, 0.1) is 5.92 Å². The van der Waals surface area contributed by atoms with Gasteiger partial charge < -0.3 is 19.1 Å². The minimum absolute atomic E-state index is 0.0494. The summed E-state index contributed by atoms with van der Waals surface area (Å²) in [7, 11) is 4.68. The third-order valence-corrected chi connectivity index (χ3v) is 6.35. The average Bonchev–Trinajstić information content (AvgIpc) is 3.29. The second-order valence-corrected chi connectivity index (χ2v) is 8.26. The molecule has 170 valence electrons. The Hall–Kier alpha value is -3.19. The summed E-state index contributed by atoms with van der Waals surface area (Å²) in [5.41, 5.74) is 3.32. The maximum Gasteiger partial charge on any atom is 0.343 e. The SMILES string of the molecule is COc1ccc(C2=C(c3ccc(OC)cc3)OC(C3CCN(C(=O)N(C)O)CC3)C2)cc1.